The second kappa shape index (κ2) is 3.92. The number of aromatic nitrogens is 3. The second-order valence-electron chi connectivity index (χ2n) is 3.88. The van der Waals surface area contributed by atoms with E-state index in [2.05, 4.69) is 9.97 Å². The summed E-state index contributed by atoms with van der Waals surface area (Å²) in [6.45, 7) is 1.79. The van der Waals surface area contributed by atoms with Crippen LogP contribution in [0.3, 0.4) is 0 Å². The Kier molecular flexibility index (Phi) is 2.38. The maximum absolute atomic E-state index is 12.3. The van der Waals surface area contributed by atoms with Crippen molar-refractivity contribution in [3.63, 3.8) is 0 Å². The summed E-state index contributed by atoms with van der Waals surface area (Å²) in [7, 11) is 0. The highest BCUT2D eigenvalue weighted by atomic mass is 32.1. The topological polar surface area (TPSA) is 73.8 Å². The monoisotopic (exact) mass is 258 g/mol. The lowest BCUT2D eigenvalue weighted by atomic mass is 10.2. The third-order valence-corrected chi connectivity index (χ3v) is 3.54. The van der Waals surface area contributed by atoms with Crippen molar-refractivity contribution in [1.29, 1.82) is 0 Å². The molecule has 0 amide bonds. The molecule has 6 heteroatoms. The van der Waals surface area contributed by atoms with Crippen molar-refractivity contribution in [1.82, 2.24) is 14.5 Å². The van der Waals surface area contributed by atoms with Gasteiger partial charge in [0.15, 0.2) is 5.13 Å². The zero-order chi connectivity index (χ0) is 12.7. The third-order valence-electron chi connectivity index (χ3n) is 2.70. The van der Waals surface area contributed by atoms with Gasteiger partial charge in [0.25, 0.3) is 5.91 Å². The lowest BCUT2D eigenvalue weighted by Gasteiger charge is -2.03. The Labute approximate surface area is 107 Å². The van der Waals surface area contributed by atoms with Crippen LogP contribution < -0.4 is 5.73 Å². The quantitative estimate of drug-likeness (QED) is 0.725. The van der Waals surface area contributed by atoms with Crippen LogP contribution in [0.15, 0.2) is 30.6 Å². The molecule has 0 spiro atoms. The number of nitrogens with two attached hydrogens (primary N) is 1. The number of benzene rings is 1. The number of carbonyl (C=O) groups is 1. The van der Waals surface area contributed by atoms with Gasteiger partial charge in [0, 0.05) is 18.0 Å². The zero-order valence-corrected chi connectivity index (χ0v) is 10.4. The smallest absolute Gasteiger partial charge is 0.263 e. The van der Waals surface area contributed by atoms with E-state index in [9.17, 15) is 4.79 Å². The maximum atomic E-state index is 12.3. The molecule has 0 fully saturated rings. The number of nitrogens with zero attached hydrogens (tertiary/aromatic N) is 3. The van der Waals surface area contributed by atoms with Crippen molar-refractivity contribution in [2.45, 2.75) is 6.92 Å². The molecule has 0 saturated heterocycles. The van der Waals surface area contributed by atoms with Crippen LogP contribution in [0.4, 0.5) is 5.13 Å². The Morgan fingerprint density at radius 2 is 2.28 bits per heavy atom. The molecule has 3 aromatic rings. The van der Waals surface area contributed by atoms with Crippen molar-refractivity contribution >= 4 is 32.6 Å². The fraction of sp³-hybridized carbons (Fsp3) is 0.0833. The number of nitrogen functional groups attached to an aromatic ring is 1. The van der Waals surface area contributed by atoms with Crippen LogP contribution in [0.25, 0.3) is 10.2 Å². The fourth-order valence-electron chi connectivity index (χ4n) is 1.81. The summed E-state index contributed by atoms with van der Waals surface area (Å²) in [5.41, 5.74) is 7.06. The van der Waals surface area contributed by atoms with Gasteiger partial charge in [-0.05, 0) is 25.1 Å². The number of thiazole rings is 1. The molecule has 0 saturated carbocycles. The molecule has 0 aliphatic carbocycles. The van der Waals surface area contributed by atoms with Gasteiger partial charge in [-0.1, -0.05) is 11.3 Å². The molecule has 3 rings (SSSR count). The summed E-state index contributed by atoms with van der Waals surface area (Å²) in [5.74, 6) is 0.572. The summed E-state index contributed by atoms with van der Waals surface area (Å²) in [5, 5.41) is 0.508. The van der Waals surface area contributed by atoms with E-state index in [1.807, 2.05) is 12.1 Å². The summed E-state index contributed by atoms with van der Waals surface area (Å²) in [6.07, 6.45) is 3.26. The number of anilines is 1. The van der Waals surface area contributed by atoms with Crippen molar-refractivity contribution in [2.24, 2.45) is 0 Å². The van der Waals surface area contributed by atoms with E-state index in [0.29, 0.717) is 16.5 Å². The fourth-order valence-corrected chi connectivity index (χ4v) is 2.58. The molecule has 0 aliphatic heterocycles. The molecule has 0 aliphatic rings. The number of fused-ring (bicyclic) bond motifs is 1. The standard InChI is InChI=1S/C12H10N4OS/c1-7-14-4-5-16(7)11(17)8-2-3-9-10(6-8)18-12(13)15-9/h2-6H,1H3,(H2,13,15). The first-order chi connectivity index (χ1) is 8.65. The lowest BCUT2D eigenvalue weighted by Crippen LogP contribution is -2.12. The maximum Gasteiger partial charge on any atom is 0.263 e. The van der Waals surface area contributed by atoms with Crippen LogP contribution in [0.1, 0.15) is 16.2 Å². The van der Waals surface area contributed by atoms with Gasteiger partial charge in [0.05, 0.1) is 10.2 Å². The van der Waals surface area contributed by atoms with Gasteiger partial charge in [-0.15, -0.1) is 0 Å². The largest absolute Gasteiger partial charge is 0.375 e. The van der Waals surface area contributed by atoms with E-state index in [1.54, 1.807) is 25.4 Å². The summed E-state index contributed by atoms with van der Waals surface area (Å²) in [4.78, 5) is 20.5. The Bertz CT molecular complexity index is 743. The molecular formula is C12H10N4OS. The highest BCUT2D eigenvalue weighted by Crippen LogP contribution is 2.24. The molecule has 0 atom stereocenters. The number of carbonyl (C=O) groups excluding carboxylic acids is 1. The molecule has 90 valence electrons. The molecule has 2 aromatic heterocycles. The van der Waals surface area contributed by atoms with Gasteiger partial charge in [0.1, 0.15) is 5.82 Å². The van der Waals surface area contributed by atoms with Crippen LogP contribution >= 0.6 is 11.3 Å². The Hall–Kier alpha value is -2.21. The first kappa shape index (κ1) is 10.9. The number of hydrogen-bond donors (Lipinski definition) is 1. The Morgan fingerprint density at radius 3 is 3.00 bits per heavy atom. The van der Waals surface area contributed by atoms with Gasteiger partial charge < -0.3 is 5.73 Å². The van der Waals surface area contributed by atoms with E-state index in [-0.39, 0.29) is 5.91 Å². The summed E-state index contributed by atoms with van der Waals surface area (Å²) < 4.78 is 2.43. The van der Waals surface area contributed by atoms with Crippen molar-refractivity contribution < 1.29 is 4.79 Å². The van der Waals surface area contributed by atoms with Crippen LogP contribution in [-0.2, 0) is 0 Å². The molecular weight excluding hydrogens is 248 g/mol. The van der Waals surface area contributed by atoms with Crippen molar-refractivity contribution in [2.75, 3.05) is 5.73 Å². The SMILES string of the molecule is Cc1nccn1C(=O)c1ccc2nc(N)sc2c1. The average molecular weight is 258 g/mol. The predicted octanol–water partition coefficient (Wildman–Crippen LogP) is 2.07. The zero-order valence-electron chi connectivity index (χ0n) is 9.62. The molecule has 0 radical (unpaired) electrons. The number of imidazole rings is 1. The van der Waals surface area contributed by atoms with Crippen molar-refractivity contribution in [3.05, 3.63) is 42.0 Å². The van der Waals surface area contributed by atoms with Crippen LogP contribution in [0.2, 0.25) is 0 Å². The van der Waals surface area contributed by atoms with Gasteiger partial charge in [-0.2, -0.15) is 0 Å². The molecule has 18 heavy (non-hydrogen) atoms. The van der Waals surface area contributed by atoms with E-state index >= 15 is 0 Å². The predicted molar refractivity (Wildman–Crippen MR) is 70.7 cm³/mol. The minimum absolute atomic E-state index is 0.0983. The van der Waals surface area contributed by atoms with Gasteiger partial charge >= 0.3 is 0 Å². The Balaban J connectivity index is 2.09. The van der Waals surface area contributed by atoms with Crippen molar-refractivity contribution in [3.8, 4) is 0 Å². The molecule has 1 aromatic carbocycles. The van der Waals surface area contributed by atoms with Gasteiger partial charge in [-0.25, -0.2) is 9.97 Å². The average Bonchev–Trinajstić information content (AvgIpc) is 2.91. The number of aryl methyl sites for hydroxylation is 1. The highest BCUT2D eigenvalue weighted by Gasteiger charge is 2.12. The summed E-state index contributed by atoms with van der Waals surface area (Å²) in [6, 6.07) is 5.37. The molecule has 2 heterocycles. The highest BCUT2D eigenvalue weighted by molar-refractivity contribution is 7.22. The second-order valence-corrected chi connectivity index (χ2v) is 4.95. The first-order valence-corrected chi connectivity index (χ1v) is 6.17. The Morgan fingerprint density at radius 1 is 1.44 bits per heavy atom. The van der Waals surface area contributed by atoms with Crippen LogP contribution in [0, 0.1) is 6.92 Å². The van der Waals surface area contributed by atoms with Gasteiger partial charge in [-0.3, -0.25) is 9.36 Å². The normalized spacial score (nSPS) is 10.9. The third kappa shape index (κ3) is 1.67. The molecule has 5 nitrogen and oxygen atoms in total. The molecule has 0 bridgehead atoms. The van der Waals surface area contributed by atoms with E-state index < -0.39 is 0 Å². The van der Waals surface area contributed by atoms with Crippen LogP contribution in [0.5, 0.6) is 0 Å². The first-order valence-electron chi connectivity index (χ1n) is 5.36. The number of hydrogen-bond acceptors (Lipinski definition) is 5. The minimum atomic E-state index is -0.0983. The minimum Gasteiger partial charge on any atom is -0.375 e. The summed E-state index contributed by atoms with van der Waals surface area (Å²) >= 11 is 1.37. The van der Waals surface area contributed by atoms with Crippen LogP contribution in [-0.4, -0.2) is 20.4 Å². The number of rotatable bonds is 1. The molecule has 2 N–H and O–H groups in total. The van der Waals surface area contributed by atoms with E-state index in [0.717, 1.165) is 10.2 Å². The molecule has 0 unspecified atom stereocenters. The van der Waals surface area contributed by atoms with E-state index in [4.69, 9.17) is 5.73 Å². The van der Waals surface area contributed by atoms with Gasteiger partial charge in [0.2, 0.25) is 0 Å². The van der Waals surface area contributed by atoms with E-state index in [1.165, 1.54) is 15.9 Å². The lowest BCUT2D eigenvalue weighted by molar-refractivity contribution is 0.0958.